The van der Waals surface area contributed by atoms with Gasteiger partial charge in [0.25, 0.3) is 0 Å². The molecule has 2 aliphatic heterocycles. The number of ether oxygens (including phenoxy) is 1. The van der Waals surface area contributed by atoms with Crippen molar-refractivity contribution in [3.63, 3.8) is 0 Å². The standard InChI is InChI=1S/C27H37N5O3/c1-17(21-8-6-14-32(21)2)34-23-15-20(18-10-13-28-16-18)29-26(30-23)24-19-7-5-12-27(25(19)35-31-24)11-4-3-9-22(27)33/h15,17-18,21,28H,3-14,16H2,1-2H3/t17-,18-,21-,27+/m0/s1. The van der Waals surface area contributed by atoms with Crippen LogP contribution in [0.15, 0.2) is 10.6 Å². The molecule has 3 fully saturated rings. The van der Waals surface area contributed by atoms with Gasteiger partial charge in [-0.05, 0) is 78.4 Å². The fourth-order valence-corrected chi connectivity index (χ4v) is 6.89. The molecule has 4 aliphatic rings. The summed E-state index contributed by atoms with van der Waals surface area (Å²) in [6.07, 6.45) is 9.65. The zero-order valence-corrected chi connectivity index (χ0v) is 21.0. The Morgan fingerprint density at radius 2 is 2.06 bits per heavy atom. The zero-order chi connectivity index (χ0) is 24.0. The maximum Gasteiger partial charge on any atom is 0.217 e. The number of likely N-dealkylation sites (tertiary alicyclic amines) is 1. The molecule has 8 heteroatoms. The Morgan fingerprint density at radius 1 is 1.17 bits per heavy atom. The largest absolute Gasteiger partial charge is 0.473 e. The number of likely N-dealkylation sites (N-methyl/N-ethyl adjacent to an activating group) is 1. The van der Waals surface area contributed by atoms with Gasteiger partial charge >= 0.3 is 0 Å². The minimum absolute atomic E-state index is 0.0363. The third-order valence-corrected chi connectivity index (χ3v) is 8.88. The number of aromatic nitrogens is 3. The van der Waals surface area contributed by atoms with Crippen molar-refractivity contribution in [2.24, 2.45) is 0 Å². The van der Waals surface area contributed by atoms with Gasteiger partial charge in [-0.15, -0.1) is 0 Å². The quantitative estimate of drug-likeness (QED) is 0.692. The number of rotatable bonds is 5. The van der Waals surface area contributed by atoms with Crippen LogP contribution in [0.1, 0.15) is 87.6 Å². The maximum atomic E-state index is 13.1. The Kier molecular flexibility index (Phi) is 6.13. The predicted molar refractivity (Wildman–Crippen MR) is 132 cm³/mol. The van der Waals surface area contributed by atoms with Gasteiger partial charge in [0.1, 0.15) is 11.9 Å². The van der Waals surface area contributed by atoms with Crippen LogP contribution in [0.25, 0.3) is 11.5 Å². The number of nitrogens with one attached hydrogen (secondary N) is 1. The molecule has 0 unspecified atom stereocenters. The Hall–Kier alpha value is -2.32. The monoisotopic (exact) mass is 479 g/mol. The highest BCUT2D eigenvalue weighted by molar-refractivity contribution is 5.91. The van der Waals surface area contributed by atoms with Crippen LogP contribution in [-0.2, 0) is 16.6 Å². The third kappa shape index (κ3) is 4.08. The first-order valence-electron chi connectivity index (χ1n) is 13.5. The summed E-state index contributed by atoms with van der Waals surface area (Å²) in [6.45, 7) is 5.15. The van der Waals surface area contributed by atoms with E-state index >= 15 is 0 Å². The number of Topliss-reactive ketones (excluding diaryl/α,β-unsaturated/α-hetero) is 1. The zero-order valence-electron chi connectivity index (χ0n) is 21.0. The van der Waals surface area contributed by atoms with Gasteiger partial charge in [-0.3, -0.25) is 9.69 Å². The number of nitrogens with zero attached hydrogens (tertiary/aromatic N) is 4. The minimum atomic E-state index is -0.495. The molecule has 1 saturated carbocycles. The molecule has 1 spiro atoms. The van der Waals surface area contributed by atoms with Crippen LogP contribution in [0.5, 0.6) is 5.88 Å². The summed E-state index contributed by atoms with van der Waals surface area (Å²) in [6, 6.07) is 2.41. The van der Waals surface area contributed by atoms with E-state index in [1.165, 1.54) is 6.42 Å². The molecule has 2 saturated heterocycles. The van der Waals surface area contributed by atoms with Gasteiger partial charge in [0, 0.05) is 36.6 Å². The lowest BCUT2D eigenvalue weighted by atomic mass is 9.64. The van der Waals surface area contributed by atoms with Crippen LogP contribution in [0, 0.1) is 0 Å². The van der Waals surface area contributed by atoms with E-state index in [2.05, 4.69) is 29.3 Å². The number of hydrogen-bond acceptors (Lipinski definition) is 8. The molecular formula is C27H37N5O3. The van der Waals surface area contributed by atoms with Crippen LogP contribution < -0.4 is 10.1 Å². The van der Waals surface area contributed by atoms with Crippen molar-refractivity contribution in [1.82, 2.24) is 25.3 Å². The van der Waals surface area contributed by atoms with Crippen molar-refractivity contribution >= 4 is 5.78 Å². The molecule has 1 N–H and O–H groups in total. The van der Waals surface area contributed by atoms with Crippen molar-refractivity contribution in [2.75, 3.05) is 26.7 Å². The van der Waals surface area contributed by atoms with E-state index in [0.717, 1.165) is 88.0 Å². The Bertz CT molecular complexity index is 1090. The predicted octanol–water partition coefficient (Wildman–Crippen LogP) is 3.79. The van der Waals surface area contributed by atoms with Crippen molar-refractivity contribution < 1.29 is 14.1 Å². The summed E-state index contributed by atoms with van der Waals surface area (Å²) in [5.74, 6) is 2.61. The number of ketones is 1. The van der Waals surface area contributed by atoms with E-state index in [9.17, 15) is 4.79 Å². The van der Waals surface area contributed by atoms with Crippen LogP contribution in [0.4, 0.5) is 0 Å². The molecule has 4 heterocycles. The van der Waals surface area contributed by atoms with Gasteiger partial charge in [0.15, 0.2) is 17.3 Å². The van der Waals surface area contributed by atoms with Crippen LogP contribution in [0.2, 0.25) is 0 Å². The molecule has 2 aromatic heterocycles. The Balaban J connectivity index is 1.37. The molecule has 188 valence electrons. The number of carbonyl (C=O) groups is 1. The van der Waals surface area contributed by atoms with E-state index in [4.69, 9.17) is 19.2 Å². The summed E-state index contributed by atoms with van der Waals surface area (Å²) in [5.41, 5.74) is 2.23. The highest BCUT2D eigenvalue weighted by atomic mass is 16.5. The topological polar surface area (TPSA) is 93.4 Å². The summed E-state index contributed by atoms with van der Waals surface area (Å²) >= 11 is 0. The minimum Gasteiger partial charge on any atom is -0.473 e. The van der Waals surface area contributed by atoms with Gasteiger partial charge in [0.2, 0.25) is 5.88 Å². The lowest BCUT2D eigenvalue weighted by Gasteiger charge is -2.36. The average molecular weight is 480 g/mol. The fourth-order valence-electron chi connectivity index (χ4n) is 6.89. The van der Waals surface area contributed by atoms with Gasteiger partial charge in [-0.1, -0.05) is 11.6 Å². The van der Waals surface area contributed by atoms with E-state index in [1.807, 2.05) is 6.07 Å². The molecule has 6 rings (SSSR count). The van der Waals surface area contributed by atoms with E-state index in [1.54, 1.807) is 0 Å². The SMILES string of the molecule is C[C@H](Oc1cc([C@H]2CCNC2)nc(-c2noc3c2CCC[C@@]32CCCCC2=O)n1)[C@@H]1CCCN1C. The normalized spacial score (nSPS) is 30.1. The van der Waals surface area contributed by atoms with Crippen molar-refractivity contribution in [2.45, 2.75) is 94.6 Å². The number of fused-ring (bicyclic) bond motifs is 2. The van der Waals surface area contributed by atoms with Crippen molar-refractivity contribution in [3.05, 3.63) is 23.1 Å². The number of hydrogen-bond donors (Lipinski definition) is 1. The first-order chi connectivity index (χ1) is 17.0. The van der Waals surface area contributed by atoms with Crippen LogP contribution in [0.3, 0.4) is 0 Å². The van der Waals surface area contributed by atoms with Gasteiger partial charge in [-0.25, -0.2) is 4.98 Å². The molecule has 8 nitrogen and oxygen atoms in total. The highest BCUT2D eigenvalue weighted by Gasteiger charge is 2.48. The molecule has 0 aromatic carbocycles. The second-order valence-electron chi connectivity index (χ2n) is 11.1. The lowest BCUT2D eigenvalue weighted by Crippen LogP contribution is -2.41. The van der Waals surface area contributed by atoms with Crippen molar-refractivity contribution in [3.8, 4) is 17.4 Å². The van der Waals surface area contributed by atoms with Gasteiger partial charge in [0.05, 0.1) is 11.1 Å². The van der Waals surface area contributed by atoms with Crippen LogP contribution in [-0.4, -0.2) is 64.6 Å². The Morgan fingerprint density at radius 3 is 2.83 bits per heavy atom. The van der Waals surface area contributed by atoms with Crippen molar-refractivity contribution in [1.29, 1.82) is 0 Å². The molecule has 2 aromatic rings. The van der Waals surface area contributed by atoms with E-state index in [0.29, 0.717) is 41.6 Å². The summed E-state index contributed by atoms with van der Waals surface area (Å²) in [7, 11) is 2.17. The molecule has 4 atom stereocenters. The van der Waals surface area contributed by atoms with Gasteiger partial charge in [-0.2, -0.15) is 4.98 Å². The highest BCUT2D eigenvalue weighted by Crippen LogP contribution is 2.47. The number of carbonyl (C=O) groups excluding carboxylic acids is 1. The van der Waals surface area contributed by atoms with Crippen LogP contribution >= 0.6 is 0 Å². The average Bonchev–Trinajstić information content (AvgIpc) is 3.62. The molecule has 35 heavy (non-hydrogen) atoms. The third-order valence-electron chi connectivity index (χ3n) is 8.88. The second-order valence-corrected chi connectivity index (χ2v) is 11.1. The smallest absolute Gasteiger partial charge is 0.217 e. The first-order valence-corrected chi connectivity index (χ1v) is 13.5. The molecule has 0 amide bonds. The Labute approximate surface area is 207 Å². The fraction of sp³-hybridized carbons (Fsp3) is 0.704. The second kappa shape index (κ2) is 9.28. The van der Waals surface area contributed by atoms with E-state index in [-0.39, 0.29) is 6.10 Å². The molecule has 0 radical (unpaired) electrons. The first kappa shape index (κ1) is 23.1. The summed E-state index contributed by atoms with van der Waals surface area (Å²) < 4.78 is 12.4. The molecule has 2 aliphatic carbocycles. The molecular weight excluding hydrogens is 442 g/mol. The van der Waals surface area contributed by atoms with E-state index < -0.39 is 5.41 Å². The lowest BCUT2D eigenvalue weighted by molar-refractivity contribution is -0.128. The molecule has 0 bridgehead atoms. The summed E-state index contributed by atoms with van der Waals surface area (Å²) in [4.78, 5) is 25.3. The summed E-state index contributed by atoms with van der Waals surface area (Å²) in [5, 5.41) is 7.95. The van der Waals surface area contributed by atoms with Gasteiger partial charge < -0.3 is 14.6 Å². The maximum absolute atomic E-state index is 13.1.